The van der Waals surface area contributed by atoms with Crippen LogP contribution in [0.25, 0.3) is 0 Å². The van der Waals surface area contributed by atoms with E-state index in [1.165, 1.54) is 24.3 Å². The van der Waals surface area contributed by atoms with Crippen LogP contribution in [0, 0.1) is 5.82 Å². The van der Waals surface area contributed by atoms with E-state index in [2.05, 4.69) is 4.90 Å². The summed E-state index contributed by atoms with van der Waals surface area (Å²) < 4.78 is 12.9. The van der Waals surface area contributed by atoms with E-state index in [4.69, 9.17) is 5.11 Å². The predicted molar refractivity (Wildman–Crippen MR) is 75.6 cm³/mol. The summed E-state index contributed by atoms with van der Waals surface area (Å²) in [6.07, 6.45) is 0.929. The van der Waals surface area contributed by atoms with Gasteiger partial charge < -0.3 is 14.9 Å². The Morgan fingerprint density at radius 2 is 1.81 bits per heavy atom. The van der Waals surface area contributed by atoms with Crippen molar-refractivity contribution >= 4 is 11.9 Å². The maximum absolute atomic E-state index is 12.9. The van der Waals surface area contributed by atoms with Crippen LogP contribution in [0.3, 0.4) is 0 Å². The maximum Gasteiger partial charge on any atom is 0.304 e. The smallest absolute Gasteiger partial charge is 0.304 e. The molecule has 0 saturated carbocycles. The zero-order chi connectivity index (χ0) is 15.2. The van der Waals surface area contributed by atoms with Gasteiger partial charge in [-0.05, 0) is 37.2 Å². The van der Waals surface area contributed by atoms with Gasteiger partial charge in [0.15, 0.2) is 0 Å². The molecule has 6 heteroatoms. The molecule has 0 spiro atoms. The van der Waals surface area contributed by atoms with Gasteiger partial charge in [0.25, 0.3) is 5.91 Å². The minimum Gasteiger partial charge on any atom is -0.481 e. The van der Waals surface area contributed by atoms with E-state index in [0.717, 1.165) is 13.0 Å². The fourth-order valence-corrected chi connectivity index (χ4v) is 2.43. The van der Waals surface area contributed by atoms with E-state index >= 15 is 0 Å². The van der Waals surface area contributed by atoms with Crippen LogP contribution < -0.4 is 0 Å². The van der Waals surface area contributed by atoms with E-state index in [-0.39, 0.29) is 18.1 Å². The van der Waals surface area contributed by atoms with E-state index in [1.54, 1.807) is 4.90 Å². The predicted octanol–water partition coefficient (Wildman–Crippen LogP) is 1.45. The number of benzene rings is 1. The molecule has 5 nitrogen and oxygen atoms in total. The van der Waals surface area contributed by atoms with Crippen molar-refractivity contribution in [2.75, 3.05) is 32.7 Å². The average Bonchev–Trinajstić information content (AvgIpc) is 2.70. The zero-order valence-corrected chi connectivity index (χ0v) is 11.8. The Hall–Kier alpha value is -1.95. The number of aliphatic carboxylic acids is 1. The van der Waals surface area contributed by atoms with E-state index in [9.17, 15) is 14.0 Å². The fraction of sp³-hybridized carbons (Fsp3) is 0.467. The Labute approximate surface area is 123 Å². The lowest BCUT2D eigenvalue weighted by atomic mass is 10.2. The Bertz CT molecular complexity index is 504. The second-order valence-electron chi connectivity index (χ2n) is 5.14. The molecule has 0 aliphatic carbocycles. The molecular weight excluding hydrogens is 275 g/mol. The van der Waals surface area contributed by atoms with Crippen LogP contribution in [-0.4, -0.2) is 59.5 Å². The van der Waals surface area contributed by atoms with Crippen molar-refractivity contribution < 1.29 is 19.1 Å². The molecule has 0 atom stereocenters. The molecule has 1 N–H and O–H groups in total. The number of nitrogens with zero attached hydrogens (tertiary/aromatic N) is 2. The standard InChI is InChI=1S/C15H19FN2O3/c16-13-4-2-12(3-5-13)15(21)18-8-1-7-17(10-11-18)9-6-14(19)20/h2-5H,1,6-11H2,(H,19,20). The second-order valence-corrected chi connectivity index (χ2v) is 5.14. The SMILES string of the molecule is O=C(O)CCN1CCCN(C(=O)c2ccc(F)cc2)CC1. The van der Waals surface area contributed by atoms with Gasteiger partial charge in [-0.1, -0.05) is 0 Å². The van der Waals surface area contributed by atoms with Crippen molar-refractivity contribution in [3.05, 3.63) is 35.6 Å². The number of rotatable bonds is 4. The Morgan fingerprint density at radius 3 is 2.48 bits per heavy atom. The van der Waals surface area contributed by atoms with Crippen molar-refractivity contribution in [2.24, 2.45) is 0 Å². The Kier molecular flexibility index (Phi) is 5.27. The lowest BCUT2D eigenvalue weighted by Gasteiger charge is -2.21. The normalized spacial score (nSPS) is 16.5. The molecule has 1 saturated heterocycles. The van der Waals surface area contributed by atoms with Gasteiger partial charge in [0.1, 0.15) is 5.82 Å². The van der Waals surface area contributed by atoms with E-state index in [1.807, 2.05) is 0 Å². The summed E-state index contributed by atoms with van der Waals surface area (Å²) >= 11 is 0. The topological polar surface area (TPSA) is 60.9 Å². The lowest BCUT2D eigenvalue weighted by Crippen LogP contribution is -2.35. The lowest BCUT2D eigenvalue weighted by molar-refractivity contribution is -0.137. The number of carbonyl (C=O) groups is 2. The molecule has 1 aromatic carbocycles. The molecule has 1 aliphatic heterocycles. The van der Waals surface area contributed by atoms with Crippen molar-refractivity contribution in [1.82, 2.24) is 9.80 Å². The van der Waals surface area contributed by atoms with Crippen LogP contribution >= 0.6 is 0 Å². The summed E-state index contributed by atoms with van der Waals surface area (Å²) in [6.45, 7) is 3.17. The molecule has 1 aliphatic rings. The first-order chi connectivity index (χ1) is 10.1. The van der Waals surface area contributed by atoms with Crippen molar-refractivity contribution in [2.45, 2.75) is 12.8 Å². The highest BCUT2D eigenvalue weighted by atomic mass is 19.1. The number of hydrogen-bond donors (Lipinski definition) is 1. The number of halogens is 1. The summed E-state index contributed by atoms with van der Waals surface area (Å²) in [5.74, 6) is -1.27. The van der Waals surface area contributed by atoms with Crippen LogP contribution in [0.4, 0.5) is 4.39 Å². The van der Waals surface area contributed by atoms with Crippen molar-refractivity contribution in [3.8, 4) is 0 Å². The first kappa shape index (κ1) is 15.4. The molecule has 1 fully saturated rings. The van der Waals surface area contributed by atoms with E-state index in [0.29, 0.717) is 31.7 Å². The summed E-state index contributed by atoms with van der Waals surface area (Å²) in [5.41, 5.74) is 0.482. The minimum absolute atomic E-state index is 0.102. The summed E-state index contributed by atoms with van der Waals surface area (Å²) in [6, 6.07) is 5.55. The molecule has 0 unspecified atom stereocenters. The maximum atomic E-state index is 12.9. The van der Waals surface area contributed by atoms with Gasteiger partial charge in [0.05, 0.1) is 6.42 Å². The molecule has 0 bridgehead atoms. The first-order valence-corrected chi connectivity index (χ1v) is 7.05. The average molecular weight is 294 g/mol. The zero-order valence-electron chi connectivity index (χ0n) is 11.8. The van der Waals surface area contributed by atoms with Crippen LogP contribution in [0.5, 0.6) is 0 Å². The van der Waals surface area contributed by atoms with Crippen LogP contribution in [-0.2, 0) is 4.79 Å². The van der Waals surface area contributed by atoms with Crippen LogP contribution in [0.1, 0.15) is 23.2 Å². The molecule has 21 heavy (non-hydrogen) atoms. The van der Waals surface area contributed by atoms with Crippen molar-refractivity contribution in [1.29, 1.82) is 0 Å². The van der Waals surface area contributed by atoms with Gasteiger partial charge in [0.2, 0.25) is 0 Å². The fourth-order valence-electron chi connectivity index (χ4n) is 2.43. The molecule has 0 aromatic heterocycles. The van der Waals surface area contributed by atoms with Crippen molar-refractivity contribution in [3.63, 3.8) is 0 Å². The number of carbonyl (C=O) groups excluding carboxylic acids is 1. The molecule has 2 rings (SSSR count). The molecule has 114 valence electrons. The number of carboxylic acids is 1. The highest BCUT2D eigenvalue weighted by Gasteiger charge is 2.20. The molecule has 1 aromatic rings. The van der Waals surface area contributed by atoms with Gasteiger partial charge >= 0.3 is 5.97 Å². The number of carboxylic acid groups (broad SMARTS) is 1. The molecular formula is C15H19FN2O3. The highest BCUT2D eigenvalue weighted by molar-refractivity contribution is 5.94. The summed E-state index contributed by atoms with van der Waals surface area (Å²) in [7, 11) is 0. The van der Waals surface area contributed by atoms with E-state index < -0.39 is 5.97 Å². The third-order valence-corrected chi connectivity index (χ3v) is 3.61. The van der Waals surface area contributed by atoms with Gasteiger partial charge in [-0.25, -0.2) is 4.39 Å². The summed E-state index contributed by atoms with van der Waals surface area (Å²) in [5, 5.41) is 8.70. The summed E-state index contributed by atoms with van der Waals surface area (Å²) in [4.78, 5) is 26.7. The van der Waals surface area contributed by atoms with Gasteiger partial charge in [0, 0.05) is 31.7 Å². The molecule has 0 radical (unpaired) electrons. The second kappa shape index (κ2) is 7.17. The van der Waals surface area contributed by atoms with Crippen LogP contribution in [0.2, 0.25) is 0 Å². The number of hydrogen-bond acceptors (Lipinski definition) is 3. The third-order valence-electron chi connectivity index (χ3n) is 3.61. The highest BCUT2D eigenvalue weighted by Crippen LogP contribution is 2.10. The van der Waals surface area contributed by atoms with Crippen LogP contribution in [0.15, 0.2) is 24.3 Å². The Morgan fingerprint density at radius 1 is 1.10 bits per heavy atom. The minimum atomic E-state index is -0.807. The Balaban J connectivity index is 1.91. The number of amides is 1. The third kappa shape index (κ3) is 4.53. The van der Waals surface area contributed by atoms with Gasteiger partial charge in [-0.15, -0.1) is 0 Å². The van der Waals surface area contributed by atoms with Gasteiger partial charge in [-0.3, -0.25) is 9.59 Å². The largest absolute Gasteiger partial charge is 0.481 e. The molecule has 1 amide bonds. The molecule has 1 heterocycles. The first-order valence-electron chi connectivity index (χ1n) is 7.05. The quantitative estimate of drug-likeness (QED) is 0.913. The van der Waals surface area contributed by atoms with Gasteiger partial charge in [-0.2, -0.15) is 0 Å². The monoisotopic (exact) mass is 294 g/mol.